The number of carbonyl (C=O) groups excluding carboxylic acids is 2. The fourth-order valence-electron chi connectivity index (χ4n) is 3.21. The molecule has 1 heterocycles. The first-order valence-electron chi connectivity index (χ1n) is 9.15. The van der Waals surface area contributed by atoms with Gasteiger partial charge in [-0.15, -0.1) is 0 Å². The van der Waals surface area contributed by atoms with E-state index < -0.39 is 0 Å². The van der Waals surface area contributed by atoms with Gasteiger partial charge in [-0.05, 0) is 44.4 Å². The Hall–Kier alpha value is -2.15. The summed E-state index contributed by atoms with van der Waals surface area (Å²) in [6.07, 6.45) is 1.92. The lowest BCUT2D eigenvalue weighted by molar-refractivity contribution is -0.126. The van der Waals surface area contributed by atoms with Crippen LogP contribution in [-0.2, 0) is 20.9 Å². The van der Waals surface area contributed by atoms with Gasteiger partial charge in [0, 0.05) is 25.6 Å². The van der Waals surface area contributed by atoms with Crippen LogP contribution in [0.5, 0.6) is 0 Å². The molecule has 2 N–H and O–H groups in total. The standard InChI is InChI=1S/C19H26FN3O3/c1-12-10-23(11-13(2)26-12)17-6-3-14(7-16(17)20)8-21-18(24)9-22-19(25)15-4-5-15/h3,6-7,12-13,15H,4-5,8-11H2,1-2H3,(H,21,24)(H,22,25)/t12-,13-/m1/s1. The summed E-state index contributed by atoms with van der Waals surface area (Å²) in [5, 5.41) is 5.31. The molecule has 142 valence electrons. The second-order valence-electron chi connectivity index (χ2n) is 7.22. The molecule has 6 nitrogen and oxygen atoms in total. The van der Waals surface area contributed by atoms with Crippen LogP contribution in [0.25, 0.3) is 0 Å². The number of nitrogens with zero attached hydrogens (tertiary/aromatic N) is 1. The number of benzene rings is 1. The van der Waals surface area contributed by atoms with Crippen LogP contribution < -0.4 is 15.5 Å². The molecule has 0 spiro atoms. The Bertz CT molecular complexity index is 668. The van der Waals surface area contributed by atoms with Crippen molar-refractivity contribution >= 4 is 17.5 Å². The number of amides is 2. The van der Waals surface area contributed by atoms with Gasteiger partial charge < -0.3 is 20.3 Å². The zero-order valence-electron chi connectivity index (χ0n) is 15.3. The van der Waals surface area contributed by atoms with E-state index in [1.165, 1.54) is 6.07 Å². The number of ether oxygens (including phenoxy) is 1. The summed E-state index contributed by atoms with van der Waals surface area (Å²) in [5.41, 5.74) is 1.24. The van der Waals surface area contributed by atoms with Gasteiger partial charge >= 0.3 is 0 Å². The summed E-state index contributed by atoms with van der Waals surface area (Å²) in [5.74, 6) is -0.570. The molecule has 1 aromatic rings. The maximum atomic E-state index is 14.5. The maximum Gasteiger partial charge on any atom is 0.239 e. The van der Waals surface area contributed by atoms with E-state index in [4.69, 9.17) is 4.74 Å². The Kier molecular flexibility index (Phi) is 5.76. The first kappa shape index (κ1) is 18.6. The van der Waals surface area contributed by atoms with Crippen molar-refractivity contribution in [3.05, 3.63) is 29.6 Å². The van der Waals surface area contributed by atoms with Gasteiger partial charge in [-0.3, -0.25) is 9.59 Å². The molecule has 2 amide bonds. The average Bonchev–Trinajstić information content (AvgIpc) is 3.42. The second-order valence-corrected chi connectivity index (χ2v) is 7.22. The number of anilines is 1. The van der Waals surface area contributed by atoms with Crippen molar-refractivity contribution in [2.24, 2.45) is 5.92 Å². The topological polar surface area (TPSA) is 70.7 Å². The van der Waals surface area contributed by atoms with E-state index in [0.717, 1.165) is 12.8 Å². The lowest BCUT2D eigenvalue weighted by Gasteiger charge is -2.37. The molecule has 1 saturated carbocycles. The van der Waals surface area contributed by atoms with Crippen LogP contribution >= 0.6 is 0 Å². The number of hydrogen-bond donors (Lipinski definition) is 2. The third-order valence-electron chi connectivity index (χ3n) is 4.63. The van der Waals surface area contributed by atoms with Gasteiger partial charge in [-0.2, -0.15) is 0 Å². The number of nitrogens with one attached hydrogen (secondary N) is 2. The van der Waals surface area contributed by atoms with E-state index in [-0.39, 0.29) is 48.8 Å². The van der Waals surface area contributed by atoms with Crippen molar-refractivity contribution in [1.82, 2.24) is 10.6 Å². The van der Waals surface area contributed by atoms with Crippen molar-refractivity contribution in [2.75, 3.05) is 24.5 Å². The molecule has 1 aliphatic heterocycles. The Morgan fingerprint density at radius 1 is 1.19 bits per heavy atom. The van der Waals surface area contributed by atoms with Crippen LogP contribution in [0.15, 0.2) is 18.2 Å². The molecule has 1 saturated heterocycles. The molecule has 0 unspecified atom stereocenters. The Morgan fingerprint density at radius 2 is 1.88 bits per heavy atom. The lowest BCUT2D eigenvalue weighted by atomic mass is 10.1. The van der Waals surface area contributed by atoms with E-state index >= 15 is 0 Å². The minimum Gasteiger partial charge on any atom is -0.372 e. The van der Waals surface area contributed by atoms with Gasteiger partial charge in [0.05, 0.1) is 24.4 Å². The summed E-state index contributed by atoms with van der Waals surface area (Å²) < 4.78 is 20.2. The fourth-order valence-corrected chi connectivity index (χ4v) is 3.21. The van der Waals surface area contributed by atoms with Crippen LogP contribution in [0.4, 0.5) is 10.1 Å². The molecular formula is C19H26FN3O3. The molecule has 26 heavy (non-hydrogen) atoms. The monoisotopic (exact) mass is 363 g/mol. The minimum absolute atomic E-state index is 0.0422. The van der Waals surface area contributed by atoms with Crippen molar-refractivity contribution in [3.8, 4) is 0 Å². The molecule has 1 aromatic carbocycles. The van der Waals surface area contributed by atoms with Gasteiger partial charge in [0.25, 0.3) is 0 Å². The molecule has 3 rings (SSSR count). The number of hydrogen-bond acceptors (Lipinski definition) is 4. The van der Waals surface area contributed by atoms with Crippen molar-refractivity contribution in [2.45, 2.75) is 45.4 Å². The predicted octanol–water partition coefficient (Wildman–Crippen LogP) is 1.58. The third-order valence-corrected chi connectivity index (χ3v) is 4.63. The van der Waals surface area contributed by atoms with Crippen LogP contribution in [0, 0.1) is 11.7 Å². The molecule has 2 atom stereocenters. The highest BCUT2D eigenvalue weighted by atomic mass is 19.1. The first-order chi connectivity index (χ1) is 12.4. The quantitative estimate of drug-likeness (QED) is 0.805. The SMILES string of the molecule is C[C@@H]1CN(c2ccc(CNC(=O)CNC(=O)C3CC3)cc2F)C[C@@H](C)O1. The van der Waals surface area contributed by atoms with Crippen LogP contribution in [-0.4, -0.2) is 43.7 Å². The number of carbonyl (C=O) groups is 2. The second kappa shape index (κ2) is 8.03. The molecule has 2 aliphatic rings. The first-order valence-corrected chi connectivity index (χ1v) is 9.15. The fraction of sp³-hybridized carbons (Fsp3) is 0.579. The summed E-state index contributed by atoms with van der Waals surface area (Å²) in [4.78, 5) is 25.3. The smallest absolute Gasteiger partial charge is 0.239 e. The van der Waals surface area contributed by atoms with E-state index in [9.17, 15) is 14.0 Å². The maximum absolute atomic E-state index is 14.5. The number of morpholine rings is 1. The molecule has 0 radical (unpaired) electrons. The van der Waals surface area contributed by atoms with Crippen molar-refractivity contribution < 1.29 is 18.7 Å². The summed E-state index contributed by atoms with van der Waals surface area (Å²) in [6.45, 7) is 5.44. The number of rotatable bonds is 6. The van der Waals surface area contributed by atoms with Gasteiger partial charge in [0.2, 0.25) is 11.8 Å². The molecule has 0 aromatic heterocycles. The molecular weight excluding hydrogens is 337 g/mol. The van der Waals surface area contributed by atoms with Crippen molar-refractivity contribution in [3.63, 3.8) is 0 Å². The van der Waals surface area contributed by atoms with Crippen LogP contribution in [0.3, 0.4) is 0 Å². The highest BCUT2D eigenvalue weighted by Gasteiger charge is 2.29. The Morgan fingerprint density at radius 3 is 2.50 bits per heavy atom. The van der Waals surface area contributed by atoms with E-state index in [0.29, 0.717) is 24.3 Å². The molecule has 7 heteroatoms. The minimum atomic E-state index is -0.305. The third kappa shape index (κ3) is 4.94. The van der Waals surface area contributed by atoms with Crippen LogP contribution in [0.2, 0.25) is 0 Å². The molecule has 1 aliphatic carbocycles. The van der Waals surface area contributed by atoms with E-state index in [1.54, 1.807) is 6.07 Å². The van der Waals surface area contributed by atoms with Gasteiger partial charge in [-0.25, -0.2) is 4.39 Å². The normalized spacial score (nSPS) is 22.8. The zero-order valence-corrected chi connectivity index (χ0v) is 15.3. The van der Waals surface area contributed by atoms with Gasteiger partial charge in [0.15, 0.2) is 0 Å². The van der Waals surface area contributed by atoms with Gasteiger partial charge in [-0.1, -0.05) is 6.07 Å². The largest absolute Gasteiger partial charge is 0.372 e. The van der Waals surface area contributed by atoms with Gasteiger partial charge in [0.1, 0.15) is 5.82 Å². The average molecular weight is 363 g/mol. The van der Waals surface area contributed by atoms with Crippen molar-refractivity contribution in [1.29, 1.82) is 0 Å². The molecule has 2 fully saturated rings. The molecule has 0 bridgehead atoms. The predicted molar refractivity (Wildman–Crippen MR) is 96.2 cm³/mol. The van der Waals surface area contributed by atoms with E-state index in [1.807, 2.05) is 24.8 Å². The summed E-state index contributed by atoms with van der Waals surface area (Å²) in [7, 11) is 0. The summed E-state index contributed by atoms with van der Waals surface area (Å²) >= 11 is 0. The highest BCUT2D eigenvalue weighted by molar-refractivity contribution is 5.86. The Balaban J connectivity index is 1.50. The Labute approximate surface area is 153 Å². The highest BCUT2D eigenvalue weighted by Crippen LogP contribution is 2.28. The summed E-state index contributed by atoms with van der Waals surface area (Å²) in [6, 6.07) is 5.01. The van der Waals surface area contributed by atoms with E-state index in [2.05, 4.69) is 10.6 Å². The van der Waals surface area contributed by atoms with Crippen LogP contribution in [0.1, 0.15) is 32.3 Å². The lowest BCUT2D eigenvalue weighted by Crippen LogP contribution is -2.45. The number of halogens is 1. The zero-order chi connectivity index (χ0) is 18.7.